The lowest BCUT2D eigenvalue weighted by Crippen LogP contribution is -2.09. The van der Waals surface area contributed by atoms with Gasteiger partial charge in [0.25, 0.3) is 0 Å². The lowest BCUT2D eigenvalue weighted by Gasteiger charge is -2.18. The third kappa shape index (κ3) is 6.12. The number of hydrogen-bond donors (Lipinski definition) is 0. The Morgan fingerprint density at radius 3 is 2.52 bits per heavy atom. The van der Waals surface area contributed by atoms with Gasteiger partial charge >= 0.3 is 5.97 Å². The Hall–Kier alpha value is -3.52. The molecule has 40 heavy (non-hydrogen) atoms. The van der Waals surface area contributed by atoms with Gasteiger partial charge in [0.1, 0.15) is 33.2 Å². The second kappa shape index (κ2) is 11.5. The molecule has 7 nitrogen and oxygen atoms in total. The van der Waals surface area contributed by atoms with Crippen molar-refractivity contribution in [1.82, 2.24) is 0 Å². The lowest BCUT2D eigenvalue weighted by molar-refractivity contribution is -0.141. The molecule has 0 N–H and O–H groups in total. The minimum absolute atomic E-state index is 0.00187. The monoisotopic (exact) mass is 564 g/mol. The van der Waals surface area contributed by atoms with Crippen LogP contribution in [0.4, 0.5) is 0 Å². The number of aryl methyl sites for hydroxylation is 2. The van der Waals surface area contributed by atoms with Gasteiger partial charge in [0.15, 0.2) is 0 Å². The Balaban J connectivity index is 1.32. The molecule has 0 saturated carbocycles. The van der Waals surface area contributed by atoms with Crippen molar-refractivity contribution in [3.05, 3.63) is 76.3 Å². The van der Waals surface area contributed by atoms with Crippen molar-refractivity contribution in [1.29, 1.82) is 0 Å². The van der Waals surface area contributed by atoms with Crippen LogP contribution in [0.1, 0.15) is 59.1 Å². The van der Waals surface area contributed by atoms with Crippen LogP contribution in [0.2, 0.25) is 0 Å². The maximum absolute atomic E-state index is 11.7. The molecule has 1 aliphatic carbocycles. The van der Waals surface area contributed by atoms with Crippen molar-refractivity contribution < 1.29 is 32.2 Å². The van der Waals surface area contributed by atoms with Gasteiger partial charge < -0.3 is 18.9 Å². The van der Waals surface area contributed by atoms with Crippen LogP contribution in [0.25, 0.3) is 11.1 Å². The molecule has 1 aliphatic heterocycles. The van der Waals surface area contributed by atoms with E-state index in [2.05, 4.69) is 32.0 Å². The topological polar surface area (TPSA) is 88.1 Å². The Morgan fingerprint density at radius 2 is 1.80 bits per heavy atom. The van der Waals surface area contributed by atoms with E-state index in [4.69, 9.17) is 18.9 Å². The van der Waals surface area contributed by atoms with E-state index in [-0.39, 0.29) is 23.7 Å². The molecule has 1 heterocycles. The molecule has 5 rings (SSSR count). The van der Waals surface area contributed by atoms with Crippen LogP contribution in [-0.2, 0) is 25.8 Å². The van der Waals surface area contributed by atoms with Crippen LogP contribution in [0.3, 0.4) is 0 Å². The van der Waals surface area contributed by atoms with Crippen LogP contribution < -0.4 is 14.2 Å². The molecule has 2 aliphatic rings. The Bertz CT molecular complexity index is 1500. The van der Waals surface area contributed by atoms with E-state index in [1.807, 2.05) is 30.3 Å². The number of methoxy groups -OCH3 is 1. The predicted molar refractivity (Wildman–Crippen MR) is 154 cm³/mol. The summed E-state index contributed by atoms with van der Waals surface area (Å²) in [5.41, 5.74) is 8.16. The molecule has 0 amide bonds. The van der Waals surface area contributed by atoms with E-state index in [9.17, 15) is 13.2 Å². The molecule has 212 valence electrons. The first kappa shape index (κ1) is 28.0. The number of fused-ring (bicyclic) bond motifs is 2. The number of esters is 1. The van der Waals surface area contributed by atoms with E-state index < -0.39 is 9.84 Å². The smallest absolute Gasteiger partial charge is 0.306 e. The number of carbonyl (C=O) groups is 1. The number of ether oxygens (including phenoxy) is 4. The van der Waals surface area contributed by atoms with Crippen LogP contribution >= 0.6 is 0 Å². The molecule has 0 bridgehead atoms. The van der Waals surface area contributed by atoms with Crippen LogP contribution in [0.5, 0.6) is 17.2 Å². The largest absolute Gasteiger partial charge is 0.494 e. The van der Waals surface area contributed by atoms with E-state index in [1.54, 1.807) is 0 Å². The molecule has 1 unspecified atom stereocenters. The van der Waals surface area contributed by atoms with Gasteiger partial charge in [-0.15, -0.1) is 0 Å². The molecule has 2 atom stereocenters. The van der Waals surface area contributed by atoms with Crippen molar-refractivity contribution in [2.24, 2.45) is 0 Å². The number of rotatable bonds is 10. The van der Waals surface area contributed by atoms with Gasteiger partial charge in [-0.1, -0.05) is 24.3 Å². The van der Waals surface area contributed by atoms with Crippen molar-refractivity contribution >= 4 is 15.8 Å². The number of sulfone groups is 1. The summed E-state index contributed by atoms with van der Waals surface area (Å²) in [6, 6.07) is 16.4. The first-order valence-corrected chi connectivity index (χ1v) is 15.7. The van der Waals surface area contributed by atoms with E-state index in [1.165, 1.54) is 35.6 Å². The van der Waals surface area contributed by atoms with Gasteiger partial charge in [-0.05, 0) is 84.7 Å². The first-order valence-electron chi connectivity index (χ1n) is 13.7. The van der Waals surface area contributed by atoms with Gasteiger partial charge in [-0.2, -0.15) is 0 Å². The normalized spacial score (nSPS) is 17.6. The van der Waals surface area contributed by atoms with Crippen molar-refractivity contribution in [2.45, 2.75) is 51.6 Å². The van der Waals surface area contributed by atoms with Gasteiger partial charge in [-0.3, -0.25) is 4.79 Å². The average Bonchev–Trinajstić information content (AvgIpc) is 3.50. The van der Waals surface area contributed by atoms with Crippen LogP contribution in [-0.4, -0.2) is 46.7 Å². The fourth-order valence-electron chi connectivity index (χ4n) is 5.86. The number of carbonyl (C=O) groups excluding carboxylic acids is 1. The quantitative estimate of drug-likeness (QED) is 0.224. The standard InChI is InChI=1S/C32H36O7S/c1-20-15-24(37-13-6-14-40(4,34)35)16-21(2)32(20)28-8-5-7-27-26(28)11-12-29(27)39-23-9-10-25-22(17-31(33)36-3)19-38-30(25)18-23/h5,7-10,15-16,18,22,29H,6,11-14,17,19H2,1-4H3/t22?,29-/m1/s1. The highest BCUT2D eigenvalue weighted by Gasteiger charge is 2.30. The van der Waals surface area contributed by atoms with Gasteiger partial charge in [0.05, 0.1) is 32.5 Å². The Kier molecular flexibility index (Phi) is 8.08. The summed E-state index contributed by atoms with van der Waals surface area (Å²) in [6.07, 6.45) is 3.76. The van der Waals surface area contributed by atoms with Crippen molar-refractivity contribution in [3.63, 3.8) is 0 Å². The summed E-state index contributed by atoms with van der Waals surface area (Å²) in [4.78, 5) is 11.7. The van der Waals surface area contributed by atoms with Gasteiger partial charge in [0, 0.05) is 23.8 Å². The predicted octanol–water partition coefficient (Wildman–Crippen LogP) is 5.89. The highest BCUT2D eigenvalue weighted by atomic mass is 32.2. The summed E-state index contributed by atoms with van der Waals surface area (Å²) in [6.45, 7) is 5.01. The molecule has 8 heteroatoms. The maximum atomic E-state index is 11.7. The molecule has 3 aromatic rings. The maximum Gasteiger partial charge on any atom is 0.306 e. The molecule has 3 aromatic carbocycles. The fraction of sp³-hybridized carbons (Fsp3) is 0.406. The van der Waals surface area contributed by atoms with Crippen LogP contribution in [0, 0.1) is 13.8 Å². The van der Waals surface area contributed by atoms with Crippen LogP contribution in [0.15, 0.2) is 48.5 Å². The fourth-order valence-corrected chi connectivity index (χ4v) is 6.51. The third-order valence-electron chi connectivity index (χ3n) is 7.70. The van der Waals surface area contributed by atoms with Crippen molar-refractivity contribution in [2.75, 3.05) is 32.3 Å². The average molecular weight is 565 g/mol. The summed E-state index contributed by atoms with van der Waals surface area (Å²) in [5, 5.41) is 0. The number of benzene rings is 3. The highest BCUT2D eigenvalue weighted by Crippen LogP contribution is 2.44. The zero-order valence-corrected chi connectivity index (χ0v) is 24.3. The summed E-state index contributed by atoms with van der Waals surface area (Å²) >= 11 is 0. The van der Waals surface area contributed by atoms with Crippen molar-refractivity contribution in [3.8, 4) is 28.4 Å². The summed E-state index contributed by atoms with van der Waals surface area (Å²) in [5.74, 6) is 2.17. The van der Waals surface area contributed by atoms with E-state index >= 15 is 0 Å². The zero-order chi connectivity index (χ0) is 28.4. The summed E-state index contributed by atoms with van der Waals surface area (Å²) in [7, 11) is -1.59. The SMILES string of the molecule is COC(=O)CC1COc2cc(O[C@@H]3CCc4c(-c5c(C)cc(OCCCS(C)(=O)=O)cc5C)cccc43)ccc21. The van der Waals surface area contributed by atoms with E-state index in [0.29, 0.717) is 26.1 Å². The zero-order valence-electron chi connectivity index (χ0n) is 23.5. The van der Waals surface area contributed by atoms with Gasteiger partial charge in [0.2, 0.25) is 0 Å². The lowest BCUT2D eigenvalue weighted by atomic mass is 9.90. The van der Waals surface area contributed by atoms with E-state index in [0.717, 1.165) is 46.8 Å². The Morgan fingerprint density at radius 1 is 1.02 bits per heavy atom. The second-order valence-electron chi connectivity index (χ2n) is 10.8. The van der Waals surface area contributed by atoms with Gasteiger partial charge in [-0.25, -0.2) is 8.42 Å². The third-order valence-corrected chi connectivity index (χ3v) is 8.73. The second-order valence-corrected chi connectivity index (χ2v) is 13.0. The molecule has 0 fully saturated rings. The Labute approximate surface area is 236 Å². The molecular weight excluding hydrogens is 528 g/mol. The minimum atomic E-state index is -2.99. The molecular formula is C32H36O7S. The first-order chi connectivity index (χ1) is 19.1. The molecule has 0 saturated heterocycles. The molecule has 0 spiro atoms. The molecule has 0 radical (unpaired) electrons. The minimum Gasteiger partial charge on any atom is -0.494 e. The molecule has 0 aromatic heterocycles. The highest BCUT2D eigenvalue weighted by molar-refractivity contribution is 7.90. The number of hydrogen-bond acceptors (Lipinski definition) is 7. The summed E-state index contributed by atoms with van der Waals surface area (Å²) < 4.78 is 45.8.